The molecule has 0 saturated carbocycles. The zero-order valence-electron chi connectivity index (χ0n) is 6.32. The van der Waals surface area contributed by atoms with E-state index in [1.165, 1.54) is 0 Å². The van der Waals surface area contributed by atoms with Crippen molar-refractivity contribution in [3.8, 4) is 0 Å². The van der Waals surface area contributed by atoms with Crippen LogP contribution in [0.5, 0.6) is 0 Å². The summed E-state index contributed by atoms with van der Waals surface area (Å²) in [6.45, 7) is 1.63. The number of aromatic nitrogens is 2. The normalized spacial score (nSPS) is 9.64. The molecule has 0 aliphatic carbocycles. The first-order chi connectivity index (χ1) is 5.15. The molecule has 5 heteroatoms. The van der Waals surface area contributed by atoms with Gasteiger partial charge in [0.25, 0.3) is 5.56 Å². The minimum atomic E-state index is -0.495. The van der Waals surface area contributed by atoms with Gasteiger partial charge in [-0.3, -0.25) is 14.8 Å². The molecule has 0 radical (unpaired) electrons. The van der Waals surface area contributed by atoms with Crippen LogP contribution in [-0.2, 0) is 0 Å². The van der Waals surface area contributed by atoms with Crippen LogP contribution in [0.25, 0.3) is 0 Å². The van der Waals surface area contributed by atoms with Crippen LogP contribution >= 0.6 is 0 Å². The molecule has 60 valence electrons. The third-order valence-electron chi connectivity index (χ3n) is 1.43. The highest BCUT2D eigenvalue weighted by Gasteiger charge is 2.00. The summed E-state index contributed by atoms with van der Waals surface area (Å²) in [6.07, 6.45) is 0. The van der Waals surface area contributed by atoms with Gasteiger partial charge in [-0.2, -0.15) is 0 Å². The molecule has 0 bridgehead atoms. The summed E-state index contributed by atoms with van der Waals surface area (Å²) in [4.78, 5) is 26.1. The Hall–Kier alpha value is -1.52. The summed E-state index contributed by atoms with van der Waals surface area (Å²) in [5.41, 5.74) is -0.379. The van der Waals surface area contributed by atoms with Crippen LogP contribution < -0.4 is 16.6 Å². The van der Waals surface area contributed by atoms with Gasteiger partial charge in [-0.25, -0.2) is 4.79 Å². The summed E-state index contributed by atoms with van der Waals surface area (Å²) in [7, 11) is 1.64. The molecule has 1 heterocycles. The summed E-state index contributed by atoms with van der Waals surface area (Å²) < 4.78 is 0. The number of H-pyrrole nitrogens is 2. The Morgan fingerprint density at radius 1 is 1.27 bits per heavy atom. The number of anilines is 1. The van der Waals surface area contributed by atoms with E-state index in [0.717, 1.165) is 0 Å². The molecule has 1 aromatic rings. The number of aromatic amines is 2. The maximum Gasteiger partial charge on any atom is 0.327 e. The molecule has 0 saturated heterocycles. The topological polar surface area (TPSA) is 77.8 Å². The highest BCUT2D eigenvalue weighted by molar-refractivity contribution is 5.39. The average molecular weight is 155 g/mol. The minimum absolute atomic E-state index is 0.363. The highest BCUT2D eigenvalue weighted by atomic mass is 16.2. The van der Waals surface area contributed by atoms with Crippen LogP contribution in [0, 0.1) is 6.92 Å². The molecule has 5 nitrogen and oxygen atoms in total. The van der Waals surface area contributed by atoms with Crippen molar-refractivity contribution >= 4 is 5.82 Å². The van der Waals surface area contributed by atoms with Gasteiger partial charge in [0.1, 0.15) is 5.82 Å². The van der Waals surface area contributed by atoms with Crippen LogP contribution in [0.2, 0.25) is 0 Å². The zero-order chi connectivity index (χ0) is 8.43. The lowest BCUT2D eigenvalue weighted by Crippen LogP contribution is -2.25. The second-order valence-electron chi connectivity index (χ2n) is 2.16. The second-order valence-corrected chi connectivity index (χ2v) is 2.16. The highest BCUT2D eigenvalue weighted by Crippen LogP contribution is 1.98. The van der Waals surface area contributed by atoms with Gasteiger partial charge in [-0.1, -0.05) is 0 Å². The molecule has 0 aliphatic heterocycles. The van der Waals surface area contributed by atoms with Gasteiger partial charge in [0.15, 0.2) is 0 Å². The SMILES string of the molecule is CNc1[nH]c(=O)[nH]c(=O)c1C. The largest absolute Gasteiger partial charge is 0.374 e. The average Bonchev–Trinajstić information content (AvgIpc) is 1.96. The van der Waals surface area contributed by atoms with Gasteiger partial charge in [-0.05, 0) is 6.92 Å². The number of rotatable bonds is 1. The number of hydrogen-bond acceptors (Lipinski definition) is 3. The molecular formula is C6H9N3O2. The number of nitrogens with one attached hydrogen (secondary N) is 3. The van der Waals surface area contributed by atoms with E-state index in [9.17, 15) is 9.59 Å². The Bertz CT molecular complexity index is 363. The van der Waals surface area contributed by atoms with Gasteiger partial charge in [0, 0.05) is 7.05 Å². The van der Waals surface area contributed by atoms with Crippen molar-refractivity contribution < 1.29 is 0 Å². The Kier molecular flexibility index (Phi) is 1.80. The molecule has 0 fully saturated rings. The quantitative estimate of drug-likeness (QED) is 0.507. The van der Waals surface area contributed by atoms with Crippen LogP contribution in [0.3, 0.4) is 0 Å². The van der Waals surface area contributed by atoms with E-state index in [0.29, 0.717) is 11.4 Å². The third kappa shape index (κ3) is 1.31. The van der Waals surface area contributed by atoms with Crippen molar-refractivity contribution in [3.63, 3.8) is 0 Å². The van der Waals surface area contributed by atoms with Crippen molar-refractivity contribution in [2.24, 2.45) is 0 Å². The van der Waals surface area contributed by atoms with Crippen LogP contribution in [0.4, 0.5) is 5.82 Å². The number of hydrogen-bond donors (Lipinski definition) is 3. The molecule has 0 aliphatic rings. The Balaban J connectivity index is 3.49. The van der Waals surface area contributed by atoms with Crippen molar-refractivity contribution in [3.05, 3.63) is 26.4 Å². The van der Waals surface area contributed by atoms with E-state index in [2.05, 4.69) is 15.3 Å². The molecule has 0 amide bonds. The molecule has 0 atom stereocenters. The van der Waals surface area contributed by atoms with Gasteiger partial charge in [-0.15, -0.1) is 0 Å². The molecule has 1 rings (SSSR count). The lowest BCUT2D eigenvalue weighted by atomic mass is 10.3. The molecular weight excluding hydrogens is 146 g/mol. The fraction of sp³-hybridized carbons (Fsp3) is 0.333. The van der Waals surface area contributed by atoms with Crippen molar-refractivity contribution in [1.82, 2.24) is 9.97 Å². The van der Waals surface area contributed by atoms with Crippen molar-refractivity contribution in [2.75, 3.05) is 12.4 Å². The fourth-order valence-corrected chi connectivity index (χ4v) is 0.799. The lowest BCUT2D eigenvalue weighted by molar-refractivity contribution is 1.01. The van der Waals surface area contributed by atoms with Gasteiger partial charge < -0.3 is 5.32 Å². The fourth-order valence-electron chi connectivity index (χ4n) is 0.799. The first-order valence-electron chi connectivity index (χ1n) is 3.16. The second kappa shape index (κ2) is 2.61. The summed E-state index contributed by atoms with van der Waals surface area (Å²) in [6, 6.07) is 0. The monoisotopic (exact) mass is 155 g/mol. The van der Waals surface area contributed by atoms with Crippen LogP contribution in [-0.4, -0.2) is 17.0 Å². The van der Waals surface area contributed by atoms with Crippen LogP contribution in [0.15, 0.2) is 9.59 Å². The van der Waals surface area contributed by atoms with Crippen molar-refractivity contribution in [2.45, 2.75) is 6.92 Å². The third-order valence-corrected chi connectivity index (χ3v) is 1.43. The van der Waals surface area contributed by atoms with Crippen molar-refractivity contribution in [1.29, 1.82) is 0 Å². The lowest BCUT2D eigenvalue weighted by Gasteiger charge is -2.00. The van der Waals surface area contributed by atoms with E-state index in [-0.39, 0.29) is 5.56 Å². The first kappa shape index (κ1) is 7.59. The van der Waals surface area contributed by atoms with E-state index < -0.39 is 5.69 Å². The molecule has 1 aromatic heterocycles. The van der Waals surface area contributed by atoms with Gasteiger partial charge in [0.05, 0.1) is 5.56 Å². The van der Waals surface area contributed by atoms with E-state index >= 15 is 0 Å². The molecule has 3 N–H and O–H groups in total. The minimum Gasteiger partial charge on any atom is -0.374 e. The zero-order valence-corrected chi connectivity index (χ0v) is 6.32. The maximum atomic E-state index is 10.9. The molecule has 11 heavy (non-hydrogen) atoms. The molecule has 0 unspecified atom stereocenters. The van der Waals surface area contributed by atoms with E-state index in [1.54, 1.807) is 14.0 Å². The Labute approximate surface area is 62.5 Å². The van der Waals surface area contributed by atoms with Gasteiger partial charge >= 0.3 is 5.69 Å². The molecule has 0 spiro atoms. The standard InChI is InChI=1S/C6H9N3O2/c1-3-4(7-2)8-6(11)9-5(3)10/h1-2H3,(H3,7,8,9,10,11). The van der Waals surface area contributed by atoms with Crippen LogP contribution in [0.1, 0.15) is 5.56 Å². The first-order valence-corrected chi connectivity index (χ1v) is 3.16. The Morgan fingerprint density at radius 3 is 2.45 bits per heavy atom. The van der Waals surface area contributed by atoms with E-state index in [1.807, 2.05) is 0 Å². The Morgan fingerprint density at radius 2 is 1.91 bits per heavy atom. The smallest absolute Gasteiger partial charge is 0.327 e. The van der Waals surface area contributed by atoms with E-state index in [4.69, 9.17) is 0 Å². The summed E-state index contributed by atoms with van der Waals surface area (Å²) in [5.74, 6) is 0.457. The predicted molar refractivity (Wildman–Crippen MR) is 42.0 cm³/mol. The van der Waals surface area contributed by atoms with Gasteiger partial charge in [0.2, 0.25) is 0 Å². The maximum absolute atomic E-state index is 10.9. The molecule has 0 aromatic carbocycles. The predicted octanol–water partition coefficient (Wildman–Crippen LogP) is -0.587. The summed E-state index contributed by atoms with van der Waals surface area (Å²) >= 11 is 0. The summed E-state index contributed by atoms with van der Waals surface area (Å²) in [5, 5.41) is 2.70.